The van der Waals surface area contributed by atoms with Crippen molar-refractivity contribution >= 4 is 46.4 Å². The summed E-state index contributed by atoms with van der Waals surface area (Å²) < 4.78 is 10.8. The predicted octanol–water partition coefficient (Wildman–Crippen LogP) is 6.51. The zero-order chi connectivity index (χ0) is 21.0. The first-order valence-corrected chi connectivity index (χ1v) is 10.7. The van der Waals surface area contributed by atoms with Crippen molar-refractivity contribution in [2.45, 2.75) is 44.1 Å². The normalized spacial score (nSPS) is 16.4. The number of amides is 1. The molecular formula is C22H24Cl3NO3. The monoisotopic (exact) mass is 455 g/mol. The maximum Gasteiger partial charge on any atom is 0.235 e. The molecule has 1 atom stereocenters. The van der Waals surface area contributed by atoms with Crippen LogP contribution in [0.4, 0.5) is 5.69 Å². The van der Waals surface area contributed by atoms with Crippen LogP contribution in [0, 0.1) is 0 Å². The third kappa shape index (κ3) is 5.00. The standard InChI is InChI=1S/C22H24Cl3NO3/c1-14(13-28-2)29-20-8-6-16(12-19(20)25)26-21(27)22(9-3-4-10-22)17-7-5-15(23)11-18(17)24/h5-8,11-12,14H,3-4,9-10,13H2,1-2H3,(H,26,27)/t14-/m1/s1. The van der Waals surface area contributed by atoms with Crippen LogP contribution in [0.25, 0.3) is 0 Å². The first-order valence-electron chi connectivity index (χ1n) is 9.58. The van der Waals surface area contributed by atoms with E-state index in [4.69, 9.17) is 44.3 Å². The molecule has 1 aliphatic rings. The largest absolute Gasteiger partial charge is 0.487 e. The van der Waals surface area contributed by atoms with Crippen molar-refractivity contribution in [3.8, 4) is 5.75 Å². The van der Waals surface area contributed by atoms with Gasteiger partial charge in [-0.2, -0.15) is 0 Å². The second kappa shape index (κ2) is 9.57. The Morgan fingerprint density at radius 2 is 1.83 bits per heavy atom. The van der Waals surface area contributed by atoms with E-state index in [2.05, 4.69) is 5.32 Å². The molecule has 29 heavy (non-hydrogen) atoms. The summed E-state index contributed by atoms with van der Waals surface area (Å²) >= 11 is 18.9. The van der Waals surface area contributed by atoms with Gasteiger partial charge in [-0.15, -0.1) is 0 Å². The lowest BCUT2D eigenvalue weighted by Crippen LogP contribution is -2.38. The lowest BCUT2D eigenvalue weighted by Gasteiger charge is -2.29. The van der Waals surface area contributed by atoms with Crippen molar-refractivity contribution in [3.63, 3.8) is 0 Å². The molecule has 0 aromatic heterocycles. The Labute approximate surface area is 186 Å². The molecule has 7 heteroatoms. The highest BCUT2D eigenvalue weighted by molar-refractivity contribution is 6.35. The topological polar surface area (TPSA) is 47.6 Å². The number of benzene rings is 2. The van der Waals surface area contributed by atoms with E-state index in [0.29, 0.717) is 33.1 Å². The number of rotatable bonds is 7. The molecule has 156 valence electrons. The van der Waals surface area contributed by atoms with Crippen molar-refractivity contribution in [1.29, 1.82) is 0 Å². The summed E-state index contributed by atoms with van der Waals surface area (Å²) in [5.41, 5.74) is 0.761. The highest BCUT2D eigenvalue weighted by Crippen LogP contribution is 2.45. The van der Waals surface area contributed by atoms with Gasteiger partial charge in [0.1, 0.15) is 11.9 Å². The summed E-state index contributed by atoms with van der Waals surface area (Å²) in [5.74, 6) is 0.460. The quantitative estimate of drug-likeness (QED) is 0.516. The Morgan fingerprint density at radius 3 is 2.45 bits per heavy atom. The number of nitrogens with one attached hydrogen (secondary N) is 1. The molecule has 0 heterocycles. The second-order valence-electron chi connectivity index (χ2n) is 7.40. The zero-order valence-corrected chi connectivity index (χ0v) is 18.7. The van der Waals surface area contributed by atoms with E-state index in [0.717, 1.165) is 31.2 Å². The van der Waals surface area contributed by atoms with Gasteiger partial charge in [0, 0.05) is 22.8 Å². The van der Waals surface area contributed by atoms with E-state index in [1.54, 1.807) is 37.4 Å². The Kier molecular flexibility index (Phi) is 7.33. The van der Waals surface area contributed by atoms with Gasteiger partial charge in [-0.05, 0) is 55.7 Å². The molecule has 0 bridgehead atoms. The minimum atomic E-state index is -0.670. The molecule has 2 aromatic rings. The molecule has 1 fully saturated rings. The van der Waals surface area contributed by atoms with Crippen molar-refractivity contribution in [3.05, 3.63) is 57.0 Å². The molecule has 0 radical (unpaired) electrons. The fourth-order valence-corrected chi connectivity index (χ4v) is 4.70. The number of carbonyl (C=O) groups excluding carboxylic acids is 1. The fraction of sp³-hybridized carbons (Fsp3) is 0.409. The van der Waals surface area contributed by atoms with E-state index >= 15 is 0 Å². The molecular weight excluding hydrogens is 433 g/mol. The van der Waals surface area contributed by atoms with Crippen LogP contribution >= 0.6 is 34.8 Å². The van der Waals surface area contributed by atoms with E-state index in [9.17, 15) is 4.79 Å². The maximum atomic E-state index is 13.3. The van der Waals surface area contributed by atoms with Crippen LogP contribution in [0.3, 0.4) is 0 Å². The molecule has 1 amide bonds. The summed E-state index contributed by atoms with van der Waals surface area (Å²) in [6.07, 6.45) is 3.29. The molecule has 2 aromatic carbocycles. The number of anilines is 1. The van der Waals surface area contributed by atoms with Crippen LogP contribution in [-0.2, 0) is 14.9 Å². The number of halogens is 3. The van der Waals surface area contributed by atoms with Crippen LogP contribution < -0.4 is 10.1 Å². The predicted molar refractivity (Wildman–Crippen MR) is 119 cm³/mol. The van der Waals surface area contributed by atoms with E-state index < -0.39 is 5.41 Å². The molecule has 1 saturated carbocycles. The molecule has 0 aliphatic heterocycles. The summed E-state index contributed by atoms with van der Waals surface area (Å²) in [4.78, 5) is 13.3. The first kappa shape index (κ1) is 22.2. The lowest BCUT2D eigenvalue weighted by atomic mass is 9.78. The summed E-state index contributed by atoms with van der Waals surface area (Å²) in [6.45, 7) is 2.36. The van der Waals surface area contributed by atoms with E-state index in [1.807, 2.05) is 13.0 Å². The van der Waals surface area contributed by atoms with Gasteiger partial charge in [-0.25, -0.2) is 0 Å². The Bertz CT molecular complexity index is 882. The van der Waals surface area contributed by atoms with E-state index in [1.165, 1.54) is 0 Å². The maximum absolute atomic E-state index is 13.3. The van der Waals surface area contributed by atoms with Crippen LogP contribution in [0.5, 0.6) is 5.75 Å². The summed E-state index contributed by atoms with van der Waals surface area (Å²) in [7, 11) is 1.62. The third-order valence-corrected chi connectivity index (χ3v) is 6.10. The van der Waals surface area contributed by atoms with Gasteiger partial charge in [-0.3, -0.25) is 4.79 Å². The van der Waals surface area contributed by atoms with Gasteiger partial charge in [0.05, 0.1) is 17.0 Å². The average Bonchev–Trinajstić information content (AvgIpc) is 3.15. The number of hydrogen-bond donors (Lipinski definition) is 1. The van der Waals surface area contributed by atoms with Crippen LogP contribution in [0.15, 0.2) is 36.4 Å². The molecule has 0 spiro atoms. The van der Waals surface area contributed by atoms with Gasteiger partial charge in [0.25, 0.3) is 0 Å². The van der Waals surface area contributed by atoms with Crippen LogP contribution in [-0.4, -0.2) is 25.7 Å². The summed E-state index contributed by atoms with van der Waals surface area (Å²) in [5, 5.41) is 4.51. The Morgan fingerprint density at radius 1 is 1.10 bits per heavy atom. The van der Waals surface area contributed by atoms with Crippen molar-refractivity contribution in [2.75, 3.05) is 19.0 Å². The smallest absolute Gasteiger partial charge is 0.235 e. The number of methoxy groups -OCH3 is 1. The van der Waals surface area contributed by atoms with Crippen LogP contribution in [0.2, 0.25) is 15.1 Å². The minimum absolute atomic E-state index is 0.0864. The molecule has 0 unspecified atom stereocenters. The molecule has 4 nitrogen and oxygen atoms in total. The SMILES string of the molecule is COC[C@@H](C)Oc1ccc(NC(=O)C2(c3ccc(Cl)cc3Cl)CCCC2)cc1Cl. The van der Waals surface area contributed by atoms with Crippen molar-refractivity contribution < 1.29 is 14.3 Å². The first-order chi connectivity index (χ1) is 13.9. The third-order valence-electron chi connectivity index (χ3n) is 5.26. The molecule has 1 aliphatic carbocycles. The minimum Gasteiger partial charge on any atom is -0.487 e. The Balaban J connectivity index is 1.81. The average molecular weight is 457 g/mol. The van der Waals surface area contributed by atoms with E-state index in [-0.39, 0.29) is 12.0 Å². The highest BCUT2D eigenvalue weighted by Gasteiger charge is 2.44. The van der Waals surface area contributed by atoms with Gasteiger partial charge >= 0.3 is 0 Å². The summed E-state index contributed by atoms with van der Waals surface area (Å²) in [6, 6.07) is 10.6. The van der Waals surface area contributed by atoms with Crippen molar-refractivity contribution in [2.24, 2.45) is 0 Å². The highest BCUT2D eigenvalue weighted by atomic mass is 35.5. The number of carbonyl (C=O) groups is 1. The van der Waals surface area contributed by atoms with Crippen molar-refractivity contribution in [1.82, 2.24) is 0 Å². The molecule has 3 rings (SSSR count). The van der Waals surface area contributed by atoms with Gasteiger partial charge < -0.3 is 14.8 Å². The van der Waals surface area contributed by atoms with Gasteiger partial charge in [0.15, 0.2) is 0 Å². The Hall–Kier alpha value is -1.46. The fourth-order valence-electron chi connectivity index (χ4n) is 3.89. The number of hydrogen-bond acceptors (Lipinski definition) is 3. The van der Waals surface area contributed by atoms with Crippen LogP contribution in [0.1, 0.15) is 38.2 Å². The van der Waals surface area contributed by atoms with Gasteiger partial charge in [0.2, 0.25) is 5.91 Å². The number of ether oxygens (including phenoxy) is 2. The van der Waals surface area contributed by atoms with Gasteiger partial charge in [-0.1, -0.05) is 53.7 Å². The second-order valence-corrected chi connectivity index (χ2v) is 8.65. The molecule has 1 N–H and O–H groups in total. The zero-order valence-electron chi connectivity index (χ0n) is 16.4. The molecule has 0 saturated heterocycles. The lowest BCUT2D eigenvalue weighted by molar-refractivity contribution is -0.121.